The normalized spacial score (nSPS) is 11.3. The first-order chi connectivity index (χ1) is 9.47. The minimum atomic E-state index is -0.219. The predicted octanol–water partition coefficient (Wildman–Crippen LogP) is 2.94. The molecule has 4 nitrogen and oxygen atoms in total. The van der Waals surface area contributed by atoms with Crippen LogP contribution in [0.4, 0.5) is 0 Å². The minimum Gasteiger partial charge on any atom is -0.351 e. The second-order valence-electron chi connectivity index (χ2n) is 5.82. The van der Waals surface area contributed by atoms with Gasteiger partial charge in [0.15, 0.2) is 0 Å². The van der Waals surface area contributed by atoms with Crippen LogP contribution in [0, 0.1) is 0 Å². The summed E-state index contributed by atoms with van der Waals surface area (Å²) in [6, 6.07) is 11.7. The van der Waals surface area contributed by atoms with Gasteiger partial charge in [0.05, 0.1) is 5.69 Å². The molecule has 0 unspecified atom stereocenters. The van der Waals surface area contributed by atoms with Crippen molar-refractivity contribution < 1.29 is 9.32 Å². The molecule has 4 heteroatoms. The Morgan fingerprint density at radius 3 is 2.55 bits per heavy atom. The highest BCUT2D eigenvalue weighted by molar-refractivity contribution is 5.91. The molecule has 0 spiro atoms. The average Bonchev–Trinajstić information content (AvgIpc) is 2.89. The lowest BCUT2D eigenvalue weighted by atomic mass is 9.92. The number of amides is 1. The van der Waals surface area contributed by atoms with E-state index in [-0.39, 0.29) is 17.1 Å². The maximum absolute atomic E-state index is 11.9. The summed E-state index contributed by atoms with van der Waals surface area (Å²) in [6.07, 6.45) is 0.798. The Morgan fingerprint density at radius 2 is 1.95 bits per heavy atom. The minimum absolute atomic E-state index is 0.119. The van der Waals surface area contributed by atoms with E-state index < -0.39 is 0 Å². The Hall–Kier alpha value is -2.10. The lowest BCUT2D eigenvalue weighted by Gasteiger charge is -2.12. The lowest BCUT2D eigenvalue weighted by molar-refractivity contribution is 0.0917. The quantitative estimate of drug-likeness (QED) is 0.931. The molecular weight excluding hydrogens is 252 g/mol. The van der Waals surface area contributed by atoms with E-state index in [1.165, 1.54) is 5.56 Å². The summed E-state index contributed by atoms with van der Waals surface area (Å²) in [5.41, 5.74) is 1.86. The van der Waals surface area contributed by atoms with Gasteiger partial charge in [0, 0.05) is 18.0 Å². The number of hydrogen-bond donors (Lipinski definition) is 1. The third-order valence-corrected chi connectivity index (χ3v) is 3.04. The van der Waals surface area contributed by atoms with Gasteiger partial charge in [0.25, 0.3) is 5.91 Å². The van der Waals surface area contributed by atoms with Crippen molar-refractivity contribution in [3.63, 3.8) is 0 Å². The Labute approximate surface area is 119 Å². The Morgan fingerprint density at radius 1 is 1.25 bits per heavy atom. The van der Waals surface area contributed by atoms with E-state index in [1.54, 1.807) is 6.07 Å². The summed E-state index contributed by atoms with van der Waals surface area (Å²) in [5, 5.41) is 6.78. The SMILES string of the molecule is CC(C)(C)c1cc(C(=O)NCCc2ccccc2)on1. The van der Waals surface area contributed by atoms with Crippen LogP contribution in [0.3, 0.4) is 0 Å². The molecule has 0 bridgehead atoms. The molecule has 0 aliphatic heterocycles. The molecule has 1 N–H and O–H groups in total. The third-order valence-electron chi connectivity index (χ3n) is 3.04. The summed E-state index contributed by atoms with van der Waals surface area (Å²) in [4.78, 5) is 11.9. The van der Waals surface area contributed by atoms with E-state index >= 15 is 0 Å². The zero-order valence-corrected chi connectivity index (χ0v) is 12.1. The number of nitrogens with one attached hydrogen (secondary N) is 1. The first-order valence-electron chi connectivity index (χ1n) is 6.76. The molecule has 2 rings (SSSR count). The van der Waals surface area contributed by atoms with E-state index in [0.29, 0.717) is 6.54 Å². The molecule has 0 fully saturated rings. The van der Waals surface area contributed by atoms with E-state index in [0.717, 1.165) is 12.1 Å². The van der Waals surface area contributed by atoms with Crippen LogP contribution in [0.2, 0.25) is 0 Å². The second-order valence-corrected chi connectivity index (χ2v) is 5.82. The van der Waals surface area contributed by atoms with Gasteiger partial charge in [-0.25, -0.2) is 0 Å². The molecule has 106 valence electrons. The molecule has 0 aliphatic rings. The van der Waals surface area contributed by atoms with Gasteiger partial charge in [-0.05, 0) is 12.0 Å². The smallest absolute Gasteiger partial charge is 0.289 e. The number of hydrogen-bond acceptors (Lipinski definition) is 3. The molecule has 0 atom stereocenters. The van der Waals surface area contributed by atoms with Crippen LogP contribution in [-0.2, 0) is 11.8 Å². The number of rotatable bonds is 4. The van der Waals surface area contributed by atoms with Crippen molar-refractivity contribution in [3.05, 3.63) is 53.4 Å². The van der Waals surface area contributed by atoms with E-state index in [4.69, 9.17) is 4.52 Å². The van der Waals surface area contributed by atoms with Crippen LogP contribution in [0.15, 0.2) is 40.9 Å². The van der Waals surface area contributed by atoms with Gasteiger partial charge >= 0.3 is 0 Å². The summed E-state index contributed by atoms with van der Waals surface area (Å²) in [6.45, 7) is 6.67. The molecule has 20 heavy (non-hydrogen) atoms. The van der Waals surface area contributed by atoms with Gasteiger partial charge in [-0.2, -0.15) is 0 Å². The number of carbonyl (C=O) groups is 1. The third kappa shape index (κ3) is 3.70. The van der Waals surface area contributed by atoms with Crippen LogP contribution in [0.25, 0.3) is 0 Å². The first-order valence-corrected chi connectivity index (χ1v) is 6.76. The Balaban J connectivity index is 1.88. The first kappa shape index (κ1) is 14.3. The van der Waals surface area contributed by atoms with Gasteiger partial charge in [0.2, 0.25) is 5.76 Å². The average molecular weight is 272 g/mol. The number of nitrogens with zero attached hydrogens (tertiary/aromatic N) is 1. The fourth-order valence-corrected chi connectivity index (χ4v) is 1.79. The standard InChI is InChI=1S/C16H20N2O2/c1-16(2,3)14-11-13(20-18-14)15(19)17-10-9-12-7-5-4-6-8-12/h4-8,11H,9-10H2,1-3H3,(H,17,19). The monoisotopic (exact) mass is 272 g/mol. The summed E-state index contributed by atoms with van der Waals surface area (Å²) in [5.74, 6) is 0.0481. The highest BCUT2D eigenvalue weighted by Crippen LogP contribution is 2.21. The summed E-state index contributed by atoms with van der Waals surface area (Å²) >= 11 is 0. The number of carbonyl (C=O) groups excluding carboxylic acids is 1. The molecule has 0 radical (unpaired) electrons. The Kier molecular flexibility index (Phi) is 4.23. The lowest BCUT2D eigenvalue weighted by Crippen LogP contribution is -2.25. The highest BCUT2D eigenvalue weighted by Gasteiger charge is 2.21. The van der Waals surface area contributed by atoms with Crippen molar-refractivity contribution in [1.29, 1.82) is 0 Å². The summed E-state index contributed by atoms with van der Waals surface area (Å²) in [7, 11) is 0. The van der Waals surface area contributed by atoms with Crippen molar-refractivity contribution in [2.24, 2.45) is 0 Å². The van der Waals surface area contributed by atoms with E-state index in [1.807, 2.05) is 51.1 Å². The Bertz CT molecular complexity index is 568. The van der Waals surface area contributed by atoms with Gasteiger partial charge < -0.3 is 9.84 Å². The number of aromatic nitrogens is 1. The van der Waals surface area contributed by atoms with Crippen LogP contribution >= 0.6 is 0 Å². The van der Waals surface area contributed by atoms with Crippen molar-refractivity contribution in [3.8, 4) is 0 Å². The van der Waals surface area contributed by atoms with Crippen LogP contribution in [-0.4, -0.2) is 17.6 Å². The fourth-order valence-electron chi connectivity index (χ4n) is 1.79. The zero-order chi connectivity index (χ0) is 14.6. The maximum atomic E-state index is 11.9. The molecule has 1 aromatic carbocycles. The molecule has 0 saturated carbocycles. The van der Waals surface area contributed by atoms with Gasteiger partial charge in [-0.1, -0.05) is 56.3 Å². The molecule has 1 aromatic heterocycles. The molecule has 1 heterocycles. The van der Waals surface area contributed by atoms with Crippen LogP contribution in [0.1, 0.15) is 42.6 Å². The molecule has 2 aromatic rings. The van der Waals surface area contributed by atoms with Gasteiger partial charge in [-0.3, -0.25) is 4.79 Å². The topological polar surface area (TPSA) is 55.1 Å². The molecular formula is C16H20N2O2. The molecule has 0 aliphatic carbocycles. The van der Waals surface area contributed by atoms with Crippen LogP contribution < -0.4 is 5.32 Å². The van der Waals surface area contributed by atoms with Crippen molar-refractivity contribution in [1.82, 2.24) is 10.5 Å². The van der Waals surface area contributed by atoms with Gasteiger partial charge in [-0.15, -0.1) is 0 Å². The zero-order valence-electron chi connectivity index (χ0n) is 12.1. The highest BCUT2D eigenvalue weighted by atomic mass is 16.5. The van der Waals surface area contributed by atoms with Gasteiger partial charge in [0.1, 0.15) is 0 Å². The second kappa shape index (κ2) is 5.90. The fraction of sp³-hybridized carbons (Fsp3) is 0.375. The summed E-state index contributed by atoms with van der Waals surface area (Å²) < 4.78 is 5.09. The van der Waals surface area contributed by atoms with Crippen molar-refractivity contribution >= 4 is 5.91 Å². The predicted molar refractivity (Wildman–Crippen MR) is 77.7 cm³/mol. The van der Waals surface area contributed by atoms with Crippen molar-refractivity contribution in [2.45, 2.75) is 32.6 Å². The number of benzene rings is 1. The van der Waals surface area contributed by atoms with Crippen molar-refractivity contribution in [2.75, 3.05) is 6.54 Å². The van der Waals surface area contributed by atoms with Crippen LogP contribution in [0.5, 0.6) is 0 Å². The molecule has 0 saturated heterocycles. The molecule has 1 amide bonds. The van der Waals surface area contributed by atoms with E-state index in [9.17, 15) is 4.79 Å². The largest absolute Gasteiger partial charge is 0.351 e. The van der Waals surface area contributed by atoms with E-state index in [2.05, 4.69) is 10.5 Å². The maximum Gasteiger partial charge on any atom is 0.289 e.